The molecule has 0 unspecified atom stereocenters. The molecule has 0 spiro atoms. The lowest BCUT2D eigenvalue weighted by Gasteiger charge is -2.37. The first-order valence-corrected chi connectivity index (χ1v) is 6.10. The summed E-state index contributed by atoms with van der Waals surface area (Å²) in [6.07, 6.45) is 0. The Hall–Kier alpha value is -1.03. The number of rotatable bonds is 1. The first kappa shape index (κ1) is 10.5. The van der Waals surface area contributed by atoms with E-state index in [9.17, 15) is 4.79 Å². The Balaban J connectivity index is 2.38. The summed E-state index contributed by atoms with van der Waals surface area (Å²) in [7, 11) is 0. The molecule has 0 aliphatic carbocycles. The molecule has 1 atom stereocenters. The number of carbonyl (C=O) groups is 1. The zero-order valence-corrected chi connectivity index (χ0v) is 10.1. The van der Waals surface area contributed by atoms with E-state index in [1.165, 1.54) is 0 Å². The van der Waals surface area contributed by atoms with E-state index in [2.05, 4.69) is 19.2 Å². The van der Waals surface area contributed by atoms with Crippen molar-refractivity contribution in [1.29, 1.82) is 0 Å². The van der Waals surface area contributed by atoms with Crippen LogP contribution in [-0.4, -0.2) is 18.5 Å². The summed E-state index contributed by atoms with van der Waals surface area (Å²) < 4.78 is 0. The Morgan fingerprint density at radius 1 is 1.67 bits per heavy atom. The Morgan fingerprint density at radius 3 is 3.00 bits per heavy atom. The average molecular weight is 224 g/mol. The quantitative estimate of drug-likeness (QED) is 0.795. The highest BCUT2D eigenvalue weighted by atomic mass is 32.1. The highest BCUT2D eigenvalue weighted by molar-refractivity contribution is 7.15. The number of hydrogen-bond acceptors (Lipinski definition) is 3. The molecule has 82 valence electrons. The standard InChI is InChI=1S/C11H16N2OS/c1-7(2)10-6-12-11-9(4-5-15-11)13(10)8(3)14/h4-5,7,10,12H,6H2,1-3H3/t10-/m1/s1. The zero-order chi connectivity index (χ0) is 11.0. The van der Waals surface area contributed by atoms with Crippen molar-refractivity contribution in [3.8, 4) is 0 Å². The molecular weight excluding hydrogens is 208 g/mol. The van der Waals surface area contributed by atoms with Crippen LogP contribution in [0.4, 0.5) is 10.7 Å². The van der Waals surface area contributed by atoms with Crippen molar-refractivity contribution in [2.45, 2.75) is 26.8 Å². The van der Waals surface area contributed by atoms with Crippen LogP contribution in [0.3, 0.4) is 0 Å². The largest absolute Gasteiger partial charge is 0.373 e. The van der Waals surface area contributed by atoms with E-state index in [0.29, 0.717) is 5.92 Å². The minimum atomic E-state index is 0.134. The van der Waals surface area contributed by atoms with E-state index in [1.807, 2.05) is 16.3 Å². The van der Waals surface area contributed by atoms with Gasteiger partial charge in [0, 0.05) is 13.5 Å². The van der Waals surface area contributed by atoms with Gasteiger partial charge in [0.15, 0.2) is 0 Å². The first-order valence-electron chi connectivity index (χ1n) is 5.22. The molecule has 1 N–H and O–H groups in total. The summed E-state index contributed by atoms with van der Waals surface area (Å²) in [5.41, 5.74) is 1.04. The van der Waals surface area contributed by atoms with Crippen molar-refractivity contribution >= 4 is 27.9 Å². The maximum atomic E-state index is 11.7. The van der Waals surface area contributed by atoms with Crippen molar-refractivity contribution in [1.82, 2.24) is 0 Å². The second-order valence-electron chi connectivity index (χ2n) is 4.22. The summed E-state index contributed by atoms with van der Waals surface area (Å²) in [5.74, 6) is 0.601. The van der Waals surface area contributed by atoms with Gasteiger partial charge in [-0.15, -0.1) is 11.3 Å². The molecule has 0 saturated carbocycles. The molecule has 2 heterocycles. The van der Waals surface area contributed by atoms with Gasteiger partial charge in [-0.1, -0.05) is 13.8 Å². The summed E-state index contributed by atoms with van der Waals surface area (Å²) in [6, 6.07) is 2.28. The summed E-state index contributed by atoms with van der Waals surface area (Å²) >= 11 is 1.66. The van der Waals surface area contributed by atoms with Crippen LogP contribution >= 0.6 is 11.3 Å². The van der Waals surface area contributed by atoms with Crippen molar-refractivity contribution < 1.29 is 4.79 Å². The number of thiophene rings is 1. The van der Waals surface area contributed by atoms with Gasteiger partial charge < -0.3 is 10.2 Å². The van der Waals surface area contributed by atoms with E-state index in [1.54, 1.807) is 18.3 Å². The van der Waals surface area contributed by atoms with E-state index in [0.717, 1.165) is 17.2 Å². The maximum absolute atomic E-state index is 11.7. The summed E-state index contributed by atoms with van der Waals surface area (Å²) in [4.78, 5) is 13.6. The molecule has 0 aromatic carbocycles. The van der Waals surface area contributed by atoms with Gasteiger partial charge in [0.25, 0.3) is 0 Å². The molecule has 1 aromatic heterocycles. The molecule has 0 saturated heterocycles. The molecule has 15 heavy (non-hydrogen) atoms. The number of hydrogen-bond donors (Lipinski definition) is 1. The lowest BCUT2D eigenvalue weighted by Crippen LogP contribution is -2.49. The minimum absolute atomic E-state index is 0.134. The van der Waals surface area contributed by atoms with Gasteiger partial charge in [-0.05, 0) is 17.4 Å². The minimum Gasteiger partial charge on any atom is -0.373 e. The molecule has 1 aromatic rings. The smallest absolute Gasteiger partial charge is 0.224 e. The number of amides is 1. The lowest BCUT2D eigenvalue weighted by atomic mass is 10.0. The molecule has 2 rings (SSSR count). The molecule has 3 nitrogen and oxygen atoms in total. The topological polar surface area (TPSA) is 32.3 Å². The van der Waals surface area contributed by atoms with E-state index < -0.39 is 0 Å². The fourth-order valence-electron chi connectivity index (χ4n) is 2.03. The molecule has 1 aliphatic heterocycles. The molecular formula is C11H16N2OS. The van der Waals surface area contributed by atoms with Crippen molar-refractivity contribution in [2.75, 3.05) is 16.8 Å². The van der Waals surface area contributed by atoms with Crippen LogP contribution in [0.25, 0.3) is 0 Å². The van der Waals surface area contributed by atoms with Crippen molar-refractivity contribution in [3.05, 3.63) is 11.4 Å². The third-order valence-corrected chi connectivity index (χ3v) is 3.68. The Bertz CT molecular complexity index is 372. The van der Waals surface area contributed by atoms with Crippen LogP contribution in [-0.2, 0) is 4.79 Å². The summed E-state index contributed by atoms with van der Waals surface area (Å²) in [5, 5.41) is 6.52. The monoisotopic (exact) mass is 224 g/mol. The average Bonchev–Trinajstić information content (AvgIpc) is 2.62. The zero-order valence-electron chi connectivity index (χ0n) is 9.28. The van der Waals surface area contributed by atoms with Gasteiger partial charge in [-0.2, -0.15) is 0 Å². The molecule has 0 fully saturated rings. The molecule has 1 amide bonds. The lowest BCUT2D eigenvalue weighted by molar-refractivity contribution is -0.117. The maximum Gasteiger partial charge on any atom is 0.224 e. The normalized spacial score (nSPS) is 20.0. The second kappa shape index (κ2) is 3.85. The SMILES string of the molecule is CC(=O)N1c2ccsc2NC[C@@H]1C(C)C. The third-order valence-electron chi connectivity index (χ3n) is 2.82. The molecule has 0 bridgehead atoms. The van der Waals surface area contributed by atoms with Crippen molar-refractivity contribution in [3.63, 3.8) is 0 Å². The Kier molecular flexibility index (Phi) is 2.69. The van der Waals surface area contributed by atoms with Crippen LogP contribution < -0.4 is 10.2 Å². The molecule has 0 radical (unpaired) electrons. The van der Waals surface area contributed by atoms with Crippen LogP contribution in [0, 0.1) is 5.92 Å². The molecule has 1 aliphatic rings. The number of carbonyl (C=O) groups excluding carboxylic acids is 1. The summed E-state index contributed by atoms with van der Waals surface area (Å²) in [6.45, 7) is 6.80. The van der Waals surface area contributed by atoms with Gasteiger partial charge in [0.1, 0.15) is 5.00 Å². The highest BCUT2D eigenvalue weighted by Crippen LogP contribution is 2.37. The van der Waals surface area contributed by atoms with Crippen LogP contribution in [0.1, 0.15) is 20.8 Å². The van der Waals surface area contributed by atoms with Crippen LogP contribution in [0.2, 0.25) is 0 Å². The Labute approximate surface area is 94.1 Å². The highest BCUT2D eigenvalue weighted by Gasteiger charge is 2.31. The van der Waals surface area contributed by atoms with Crippen LogP contribution in [0.15, 0.2) is 11.4 Å². The van der Waals surface area contributed by atoms with Crippen molar-refractivity contribution in [2.24, 2.45) is 5.92 Å². The number of nitrogens with one attached hydrogen (secondary N) is 1. The predicted molar refractivity (Wildman–Crippen MR) is 64.6 cm³/mol. The van der Waals surface area contributed by atoms with E-state index in [-0.39, 0.29) is 11.9 Å². The van der Waals surface area contributed by atoms with Gasteiger partial charge >= 0.3 is 0 Å². The fraction of sp³-hybridized carbons (Fsp3) is 0.545. The predicted octanol–water partition coefficient (Wildman–Crippen LogP) is 2.55. The van der Waals surface area contributed by atoms with Gasteiger partial charge in [-0.3, -0.25) is 4.79 Å². The first-order chi connectivity index (χ1) is 7.11. The van der Waals surface area contributed by atoms with E-state index in [4.69, 9.17) is 0 Å². The van der Waals surface area contributed by atoms with Gasteiger partial charge in [-0.25, -0.2) is 0 Å². The fourth-order valence-corrected chi connectivity index (χ4v) is 2.82. The van der Waals surface area contributed by atoms with E-state index >= 15 is 0 Å². The Morgan fingerprint density at radius 2 is 2.40 bits per heavy atom. The number of fused-ring (bicyclic) bond motifs is 1. The number of nitrogens with zero attached hydrogens (tertiary/aromatic N) is 1. The third kappa shape index (κ3) is 1.74. The van der Waals surface area contributed by atoms with Gasteiger partial charge in [0.05, 0.1) is 11.7 Å². The van der Waals surface area contributed by atoms with Gasteiger partial charge in [0.2, 0.25) is 5.91 Å². The number of anilines is 2. The molecule has 4 heteroatoms. The second-order valence-corrected chi connectivity index (χ2v) is 5.13. The van der Waals surface area contributed by atoms with Crippen LogP contribution in [0.5, 0.6) is 0 Å².